The fourth-order valence-electron chi connectivity index (χ4n) is 5.91. The van der Waals surface area contributed by atoms with Crippen LogP contribution in [0.2, 0.25) is 0 Å². The number of carbonyl (C=O) groups excluding carboxylic acids is 2. The summed E-state index contributed by atoms with van der Waals surface area (Å²) < 4.78 is 52.0. The van der Waals surface area contributed by atoms with Gasteiger partial charge in [0.25, 0.3) is 11.5 Å². The molecule has 1 aliphatic heterocycles. The highest BCUT2D eigenvalue weighted by Crippen LogP contribution is 2.35. The molecule has 3 aromatic rings. The summed E-state index contributed by atoms with van der Waals surface area (Å²) in [6.45, 7) is 7.73. The quantitative estimate of drug-likeness (QED) is 0.349. The third-order valence-electron chi connectivity index (χ3n) is 8.82. The number of pyridine rings is 1. The summed E-state index contributed by atoms with van der Waals surface area (Å²) in [5.41, 5.74) is 0.511. The second-order valence-corrected chi connectivity index (χ2v) is 15.8. The first kappa shape index (κ1) is 32.2. The number of nitrogens with one attached hydrogen (secondary N) is 2. The third kappa shape index (κ3) is 6.97. The number of piperidine rings is 1. The van der Waals surface area contributed by atoms with Gasteiger partial charge < -0.3 is 19.9 Å². The molecule has 46 heavy (non-hydrogen) atoms. The molecule has 12 heteroatoms. The minimum Gasteiger partial charge on any atom is -0.444 e. The van der Waals surface area contributed by atoms with Gasteiger partial charge in [-0.2, -0.15) is 4.31 Å². The lowest BCUT2D eigenvalue weighted by molar-refractivity contribution is 0.0489. The maximum absolute atomic E-state index is 15.1. The Kier molecular flexibility index (Phi) is 8.47. The monoisotopic (exact) mass is 652 g/mol. The van der Waals surface area contributed by atoms with E-state index in [0.29, 0.717) is 42.0 Å². The van der Waals surface area contributed by atoms with Gasteiger partial charge in [0, 0.05) is 54.3 Å². The van der Waals surface area contributed by atoms with E-state index in [9.17, 15) is 22.8 Å². The van der Waals surface area contributed by atoms with Crippen LogP contribution in [0.15, 0.2) is 46.2 Å². The lowest BCUT2D eigenvalue weighted by Gasteiger charge is -2.32. The molecule has 0 bridgehead atoms. The van der Waals surface area contributed by atoms with Gasteiger partial charge in [-0.25, -0.2) is 17.6 Å². The van der Waals surface area contributed by atoms with Crippen molar-refractivity contribution >= 4 is 32.8 Å². The number of amides is 2. The first-order valence-corrected chi connectivity index (χ1v) is 17.4. The number of nitrogens with zero attached hydrogens (tertiary/aromatic N) is 2. The molecule has 246 valence electrons. The Balaban J connectivity index is 1.36. The molecule has 3 fully saturated rings. The van der Waals surface area contributed by atoms with Crippen LogP contribution in [-0.2, 0) is 21.3 Å². The Morgan fingerprint density at radius 3 is 2.26 bits per heavy atom. The first-order chi connectivity index (χ1) is 21.7. The molecule has 0 radical (unpaired) electrons. The smallest absolute Gasteiger partial charge is 0.407 e. The number of hydrogen-bond donors (Lipinski definition) is 2. The van der Waals surface area contributed by atoms with Crippen LogP contribution in [0.1, 0.15) is 75.2 Å². The highest BCUT2D eigenvalue weighted by molar-refractivity contribution is 7.89. The molecule has 1 aromatic heterocycles. The van der Waals surface area contributed by atoms with E-state index in [1.807, 2.05) is 0 Å². The normalized spacial score (nSPS) is 18.0. The van der Waals surface area contributed by atoms with Crippen molar-refractivity contribution in [1.82, 2.24) is 19.5 Å². The molecule has 2 saturated carbocycles. The molecule has 3 aliphatic rings. The van der Waals surface area contributed by atoms with Gasteiger partial charge in [-0.3, -0.25) is 9.59 Å². The summed E-state index contributed by atoms with van der Waals surface area (Å²) in [6.07, 6.45) is 5.46. The maximum atomic E-state index is 15.1. The van der Waals surface area contributed by atoms with Crippen molar-refractivity contribution in [2.75, 3.05) is 13.1 Å². The van der Waals surface area contributed by atoms with Crippen LogP contribution in [0.4, 0.5) is 9.18 Å². The molecule has 10 nitrogen and oxygen atoms in total. The van der Waals surface area contributed by atoms with Crippen LogP contribution in [0.3, 0.4) is 0 Å². The Hall–Kier alpha value is -3.77. The van der Waals surface area contributed by atoms with Gasteiger partial charge in [0.15, 0.2) is 0 Å². The molecular weight excluding hydrogens is 611 g/mol. The van der Waals surface area contributed by atoms with Crippen molar-refractivity contribution in [2.45, 2.75) is 95.3 Å². The lowest BCUT2D eigenvalue weighted by Crippen LogP contribution is -2.47. The molecule has 2 aliphatic carbocycles. The number of halogens is 1. The second kappa shape index (κ2) is 12.1. The van der Waals surface area contributed by atoms with E-state index in [-0.39, 0.29) is 57.9 Å². The summed E-state index contributed by atoms with van der Waals surface area (Å²) in [5, 5.41) is 6.22. The number of benzene rings is 2. The van der Waals surface area contributed by atoms with Crippen LogP contribution in [0, 0.1) is 18.7 Å². The molecule has 2 N–H and O–H groups in total. The number of rotatable bonds is 8. The van der Waals surface area contributed by atoms with E-state index >= 15 is 4.39 Å². The molecule has 0 atom stereocenters. The first-order valence-electron chi connectivity index (χ1n) is 16.0. The summed E-state index contributed by atoms with van der Waals surface area (Å²) in [6, 6.07) is 7.58. The molecule has 6 rings (SSSR count). The summed E-state index contributed by atoms with van der Waals surface area (Å²) in [4.78, 5) is 38.7. The zero-order valence-corrected chi connectivity index (χ0v) is 27.5. The van der Waals surface area contributed by atoms with Crippen LogP contribution in [0.25, 0.3) is 21.9 Å². The SMILES string of the molecule is Cc1c(F)cc(C(=O)NC2CC2)cc1-c1ccc2c(=O)n(CC3CC3)cc(S(=O)(=O)N3CCC(NC(=O)OC(C)(C)C)CC3)c2c1. The fourth-order valence-corrected chi connectivity index (χ4v) is 7.58. The van der Waals surface area contributed by atoms with Crippen molar-refractivity contribution in [3.8, 4) is 11.1 Å². The highest BCUT2D eigenvalue weighted by Gasteiger charge is 2.34. The summed E-state index contributed by atoms with van der Waals surface area (Å²) in [7, 11) is -4.08. The number of fused-ring (bicyclic) bond motifs is 1. The van der Waals surface area contributed by atoms with E-state index in [4.69, 9.17) is 4.74 Å². The number of hydrogen-bond acceptors (Lipinski definition) is 6. The number of aromatic nitrogens is 1. The predicted octanol–water partition coefficient (Wildman–Crippen LogP) is 5.10. The zero-order valence-electron chi connectivity index (χ0n) is 26.7. The molecule has 0 spiro atoms. The van der Waals surface area contributed by atoms with Gasteiger partial charge >= 0.3 is 6.09 Å². The minimum atomic E-state index is -4.08. The van der Waals surface area contributed by atoms with Crippen molar-refractivity contribution in [3.63, 3.8) is 0 Å². The predicted molar refractivity (Wildman–Crippen MR) is 173 cm³/mol. The van der Waals surface area contributed by atoms with E-state index in [0.717, 1.165) is 25.7 Å². The van der Waals surface area contributed by atoms with Crippen molar-refractivity contribution in [2.24, 2.45) is 5.92 Å². The lowest BCUT2D eigenvalue weighted by atomic mass is 9.95. The van der Waals surface area contributed by atoms with E-state index < -0.39 is 27.5 Å². The molecule has 0 unspecified atom stereocenters. The average Bonchev–Trinajstić information content (AvgIpc) is 3.92. The van der Waals surface area contributed by atoms with Gasteiger partial charge in [0.1, 0.15) is 16.3 Å². The Labute approximate surface area is 268 Å². The third-order valence-corrected chi connectivity index (χ3v) is 10.8. The molecular formula is C34H41FN4O6S. The van der Waals surface area contributed by atoms with Crippen molar-refractivity contribution < 1.29 is 27.1 Å². The van der Waals surface area contributed by atoms with Gasteiger partial charge in [-0.05, 0) is 113 Å². The fraction of sp³-hybridized carbons (Fsp3) is 0.500. The standard InChI is InChI=1S/C34H41FN4O6S/c1-20-27(16-23(17-29(20)35)31(40)36-24-8-9-24)22-7-10-26-28(15-22)30(19-38(32(26)41)18-21-5-6-21)46(43,44)39-13-11-25(12-14-39)37-33(42)45-34(2,3)4/h7,10,15-17,19,21,24-25H,5-6,8-9,11-14,18H2,1-4H3,(H,36,40)(H,37,42). The largest absolute Gasteiger partial charge is 0.444 e. The van der Waals surface area contributed by atoms with Gasteiger partial charge in [-0.1, -0.05) is 6.07 Å². The molecule has 2 heterocycles. The van der Waals surface area contributed by atoms with Gasteiger partial charge in [-0.15, -0.1) is 0 Å². The Morgan fingerprint density at radius 2 is 1.63 bits per heavy atom. The Morgan fingerprint density at radius 1 is 0.957 bits per heavy atom. The molecule has 2 aromatic carbocycles. The van der Waals surface area contributed by atoms with Crippen LogP contribution in [-0.4, -0.2) is 60.1 Å². The summed E-state index contributed by atoms with van der Waals surface area (Å²) >= 11 is 0. The van der Waals surface area contributed by atoms with Gasteiger partial charge in [0.05, 0.1) is 0 Å². The topological polar surface area (TPSA) is 127 Å². The van der Waals surface area contributed by atoms with E-state index in [2.05, 4.69) is 10.6 Å². The number of ether oxygens (including phenoxy) is 1. The summed E-state index contributed by atoms with van der Waals surface area (Å²) in [5.74, 6) is -0.580. The van der Waals surface area contributed by atoms with Crippen LogP contribution >= 0.6 is 0 Å². The van der Waals surface area contributed by atoms with Crippen molar-refractivity contribution in [1.29, 1.82) is 0 Å². The van der Waals surface area contributed by atoms with E-state index in [1.165, 1.54) is 21.1 Å². The Bertz CT molecular complexity index is 1870. The molecule has 2 amide bonds. The van der Waals surface area contributed by atoms with Crippen LogP contribution in [0.5, 0.6) is 0 Å². The van der Waals surface area contributed by atoms with Gasteiger partial charge in [0.2, 0.25) is 10.0 Å². The number of sulfonamides is 1. The van der Waals surface area contributed by atoms with Crippen LogP contribution < -0.4 is 16.2 Å². The second-order valence-electron chi connectivity index (χ2n) is 13.9. The number of alkyl carbamates (subject to hydrolysis) is 1. The minimum absolute atomic E-state index is 0.00362. The van der Waals surface area contributed by atoms with E-state index in [1.54, 1.807) is 52.0 Å². The highest BCUT2D eigenvalue weighted by atomic mass is 32.2. The molecule has 1 saturated heterocycles. The average molecular weight is 653 g/mol. The number of carbonyl (C=O) groups is 2. The maximum Gasteiger partial charge on any atom is 0.407 e. The van der Waals surface area contributed by atoms with Crippen molar-refractivity contribution in [3.05, 3.63) is 63.8 Å². The zero-order chi connectivity index (χ0) is 33.0.